The first-order valence-electron chi connectivity index (χ1n) is 9.79. The van der Waals surface area contributed by atoms with Gasteiger partial charge in [-0.05, 0) is 49.6 Å². The van der Waals surface area contributed by atoms with Crippen LogP contribution in [-0.2, 0) is 4.79 Å². The molecule has 2 aliphatic rings. The zero-order valence-corrected chi connectivity index (χ0v) is 19.2. The number of carbonyl (C=O) groups is 1. The van der Waals surface area contributed by atoms with Crippen molar-refractivity contribution in [2.45, 2.75) is 44.6 Å². The van der Waals surface area contributed by atoms with Gasteiger partial charge in [0.1, 0.15) is 0 Å². The van der Waals surface area contributed by atoms with E-state index in [9.17, 15) is 4.79 Å². The lowest BCUT2D eigenvalue weighted by Gasteiger charge is -2.33. The van der Waals surface area contributed by atoms with Crippen molar-refractivity contribution in [2.24, 2.45) is 10.9 Å². The van der Waals surface area contributed by atoms with E-state index >= 15 is 0 Å². The molecule has 6 nitrogen and oxygen atoms in total. The topological polar surface area (TPSA) is 68.8 Å². The minimum atomic E-state index is 0. The number of halogens is 1. The maximum absolute atomic E-state index is 11.8. The Morgan fingerprint density at radius 3 is 2.56 bits per heavy atom. The molecule has 1 aromatic rings. The van der Waals surface area contributed by atoms with E-state index < -0.39 is 0 Å². The summed E-state index contributed by atoms with van der Waals surface area (Å²) in [6, 6.07) is 4.78. The largest absolute Gasteiger partial charge is 0.363 e. The lowest BCUT2D eigenvalue weighted by Crippen LogP contribution is -2.49. The second-order valence-corrected chi connectivity index (χ2v) is 8.05. The third-order valence-electron chi connectivity index (χ3n) is 5.30. The van der Waals surface area contributed by atoms with E-state index in [0.29, 0.717) is 6.04 Å². The molecule has 0 spiro atoms. The van der Waals surface area contributed by atoms with E-state index in [4.69, 9.17) is 0 Å². The molecule has 8 heteroatoms. The van der Waals surface area contributed by atoms with Crippen LogP contribution in [0.4, 0.5) is 5.00 Å². The van der Waals surface area contributed by atoms with E-state index in [-0.39, 0.29) is 35.8 Å². The van der Waals surface area contributed by atoms with E-state index in [1.165, 1.54) is 11.4 Å². The van der Waals surface area contributed by atoms with E-state index in [0.717, 1.165) is 64.2 Å². The summed E-state index contributed by atoms with van der Waals surface area (Å²) in [5, 5.41) is 13.4. The number of nitrogens with zero attached hydrogens (tertiary/aromatic N) is 2. The number of hydrogen-bond acceptors (Lipinski definition) is 4. The van der Waals surface area contributed by atoms with Crippen molar-refractivity contribution in [1.29, 1.82) is 0 Å². The summed E-state index contributed by atoms with van der Waals surface area (Å²) in [5.41, 5.74) is 0. The smallest absolute Gasteiger partial charge is 0.223 e. The molecule has 0 unspecified atom stereocenters. The van der Waals surface area contributed by atoms with Gasteiger partial charge in [-0.2, -0.15) is 0 Å². The molecule has 1 aromatic heterocycles. The molecule has 0 atom stereocenters. The van der Waals surface area contributed by atoms with Crippen LogP contribution in [0.2, 0.25) is 0 Å². The molecule has 27 heavy (non-hydrogen) atoms. The van der Waals surface area contributed by atoms with Gasteiger partial charge < -0.3 is 20.9 Å². The van der Waals surface area contributed by atoms with Crippen molar-refractivity contribution < 1.29 is 4.79 Å². The molecule has 3 rings (SSSR count). The van der Waals surface area contributed by atoms with Gasteiger partial charge >= 0.3 is 0 Å². The molecule has 1 aliphatic heterocycles. The molecule has 152 valence electrons. The summed E-state index contributed by atoms with van der Waals surface area (Å²) in [4.78, 5) is 18.6. The highest BCUT2D eigenvalue weighted by molar-refractivity contribution is 14.0. The van der Waals surface area contributed by atoms with Crippen LogP contribution in [-0.4, -0.2) is 51.1 Å². The van der Waals surface area contributed by atoms with Crippen LogP contribution in [0.15, 0.2) is 22.5 Å². The van der Waals surface area contributed by atoms with Gasteiger partial charge in [0, 0.05) is 45.2 Å². The average Bonchev–Trinajstić information content (AvgIpc) is 3.14. The second-order valence-electron chi connectivity index (χ2n) is 7.13. The number of piperidine rings is 1. The molecule has 1 saturated carbocycles. The molecule has 1 aliphatic carbocycles. The van der Waals surface area contributed by atoms with Crippen molar-refractivity contribution in [3.8, 4) is 0 Å². The van der Waals surface area contributed by atoms with Crippen LogP contribution in [0.3, 0.4) is 0 Å². The fraction of sp³-hybridized carbons (Fsp3) is 0.684. The molecule has 1 saturated heterocycles. The van der Waals surface area contributed by atoms with Crippen LogP contribution in [0.25, 0.3) is 0 Å². The van der Waals surface area contributed by atoms with Crippen molar-refractivity contribution in [2.75, 3.05) is 38.1 Å². The lowest BCUT2D eigenvalue weighted by atomic mass is 9.85. The highest BCUT2D eigenvalue weighted by Crippen LogP contribution is 2.26. The fourth-order valence-electron chi connectivity index (χ4n) is 3.40. The quantitative estimate of drug-likeness (QED) is 0.231. The molecule has 0 radical (unpaired) electrons. The summed E-state index contributed by atoms with van der Waals surface area (Å²) >= 11 is 1.81. The SMILES string of the molecule is CN=C(NCCCNC(=O)C1CCC1)NC1CCN(c2cccs2)CC1.I. The number of rotatable bonds is 7. The molecular formula is C19H32IN5OS. The molecule has 2 fully saturated rings. The number of hydrogen-bond donors (Lipinski definition) is 3. The number of carbonyl (C=O) groups excluding carboxylic acids is 1. The third kappa shape index (κ3) is 6.81. The number of anilines is 1. The second kappa shape index (κ2) is 11.7. The Balaban J connectivity index is 0.00000261. The Kier molecular flexibility index (Phi) is 9.67. The molecule has 1 amide bonds. The number of guanidine groups is 1. The van der Waals surface area contributed by atoms with Crippen molar-refractivity contribution in [1.82, 2.24) is 16.0 Å². The zero-order valence-electron chi connectivity index (χ0n) is 16.1. The van der Waals surface area contributed by atoms with Gasteiger partial charge in [-0.3, -0.25) is 9.79 Å². The summed E-state index contributed by atoms with van der Waals surface area (Å²) in [7, 11) is 1.81. The van der Waals surface area contributed by atoms with Gasteiger partial charge in [0.05, 0.1) is 5.00 Å². The Morgan fingerprint density at radius 1 is 1.22 bits per heavy atom. The van der Waals surface area contributed by atoms with Gasteiger partial charge in [0.25, 0.3) is 0 Å². The number of amides is 1. The van der Waals surface area contributed by atoms with Gasteiger partial charge in [-0.1, -0.05) is 6.42 Å². The molecular weight excluding hydrogens is 473 g/mol. The van der Waals surface area contributed by atoms with Gasteiger partial charge in [-0.15, -0.1) is 35.3 Å². The Hall–Kier alpha value is -1.03. The van der Waals surface area contributed by atoms with E-state index in [1.54, 1.807) is 0 Å². The first kappa shape index (κ1) is 22.3. The predicted octanol–water partition coefficient (Wildman–Crippen LogP) is 2.81. The van der Waals surface area contributed by atoms with Crippen LogP contribution < -0.4 is 20.9 Å². The zero-order chi connectivity index (χ0) is 18.2. The highest BCUT2D eigenvalue weighted by Gasteiger charge is 2.24. The highest BCUT2D eigenvalue weighted by atomic mass is 127. The van der Waals surface area contributed by atoms with Crippen molar-refractivity contribution in [3.05, 3.63) is 17.5 Å². The first-order chi connectivity index (χ1) is 12.8. The van der Waals surface area contributed by atoms with Crippen LogP contribution in [0.1, 0.15) is 38.5 Å². The summed E-state index contributed by atoms with van der Waals surface area (Å²) in [5.74, 6) is 1.37. The monoisotopic (exact) mass is 505 g/mol. The molecule has 3 N–H and O–H groups in total. The number of aliphatic imine (C=N–C) groups is 1. The van der Waals surface area contributed by atoms with E-state index in [1.807, 2.05) is 18.4 Å². The summed E-state index contributed by atoms with van der Waals surface area (Å²) < 4.78 is 0. The van der Waals surface area contributed by atoms with Gasteiger partial charge in [0.2, 0.25) is 5.91 Å². The number of thiophene rings is 1. The Morgan fingerprint density at radius 2 is 1.96 bits per heavy atom. The van der Waals surface area contributed by atoms with Crippen LogP contribution in [0.5, 0.6) is 0 Å². The maximum atomic E-state index is 11.8. The van der Waals surface area contributed by atoms with Crippen molar-refractivity contribution >= 4 is 52.2 Å². The normalized spacial score (nSPS) is 18.4. The van der Waals surface area contributed by atoms with Gasteiger partial charge in [0.15, 0.2) is 5.96 Å². The Labute approximate surface area is 183 Å². The van der Waals surface area contributed by atoms with Gasteiger partial charge in [-0.25, -0.2) is 0 Å². The minimum Gasteiger partial charge on any atom is -0.363 e. The lowest BCUT2D eigenvalue weighted by molar-refractivity contribution is -0.127. The predicted molar refractivity (Wildman–Crippen MR) is 124 cm³/mol. The van der Waals surface area contributed by atoms with Crippen LogP contribution in [0, 0.1) is 5.92 Å². The maximum Gasteiger partial charge on any atom is 0.223 e. The summed E-state index contributed by atoms with van der Waals surface area (Å²) in [6.07, 6.45) is 6.48. The van der Waals surface area contributed by atoms with E-state index in [2.05, 4.69) is 43.4 Å². The third-order valence-corrected chi connectivity index (χ3v) is 6.23. The van der Waals surface area contributed by atoms with Crippen LogP contribution >= 0.6 is 35.3 Å². The first-order valence-corrected chi connectivity index (χ1v) is 10.7. The fourth-order valence-corrected chi connectivity index (χ4v) is 4.19. The molecule has 0 aromatic carbocycles. The molecule has 0 bridgehead atoms. The average molecular weight is 505 g/mol. The minimum absolute atomic E-state index is 0. The van der Waals surface area contributed by atoms with Crippen molar-refractivity contribution in [3.63, 3.8) is 0 Å². The summed E-state index contributed by atoms with van der Waals surface area (Å²) in [6.45, 7) is 3.72. The molecule has 2 heterocycles. The number of nitrogens with one attached hydrogen (secondary N) is 3. The standard InChI is InChI=1S/C19H31N5OS.HI/c1-20-19(22-11-4-10-21-18(25)15-5-2-6-15)23-16-8-12-24(13-9-16)17-7-3-14-26-17;/h3,7,14-16H,2,4-6,8-13H2,1H3,(H,21,25)(H2,20,22,23);1H. The Bertz CT molecular complexity index is 583.